The van der Waals surface area contributed by atoms with Crippen LogP contribution in [0.25, 0.3) is 0 Å². The van der Waals surface area contributed by atoms with E-state index < -0.39 is 11.6 Å². The fourth-order valence-corrected chi connectivity index (χ4v) is 2.69. The molecule has 0 saturated heterocycles. The van der Waals surface area contributed by atoms with Crippen molar-refractivity contribution in [3.8, 4) is 0 Å². The smallest absolute Gasteiger partial charge is 0.228 e. The van der Waals surface area contributed by atoms with E-state index in [1.165, 1.54) is 17.4 Å². The van der Waals surface area contributed by atoms with Crippen LogP contribution in [-0.4, -0.2) is 20.9 Å². The molecule has 2 aromatic heterocycles. The largest absolute Gasteiger partial charge is 0.352 e. The number of halogens is 2. The lowest BCUT2D eigenvalue weighted by Gasteiger charge is -2.05. The quantitative estimate of drug-likeness (QED) is 0.706. The molecular weight excluding hydrogens is 348 g/mol. The molecule has 9 heteroatoms. The lowest BCUT2D eigenvalue weighted by atomic mass is 10.2. The van der Waals surface area contributed by atoms with Gasteiger partial charge in [0.1, 0.15) is 11.6 Å². The summed E-state index contributed by atoms with van der Waals surface area (Å²) < 4.78 is 26.4. The van der Waals surface area contributed by atoms with Gasteiger partial charge < -0.3 is 10.6 Å². The molecule has 0 atom stereocenters. The molecule has 25 heavy (non-hydrogen) atoms. The minimum absolute atomic E-state index is 0.0158. The van der Waals surface area contributed by atoms with Gasteiger partial charge >= 0.3 is 0 Å². The fourth-order valence-electron chi connectivity index (χ4n) is 1.99. The highest BCUT2D eigenvalue weighted by Crippen LogP contribution is 2.18. The van der Waals surface area contributed by atoms with E-state index in [1.807, 2.05) is 0 Å². The van der Waals surface area contributed by atoms with Crippen molar-refractivity contribution in [2.75, 3.05) is 5.32 Å². The van der Waals surface area contributed by atoms with Crippen molar-refractivity contribution < 1.29 is 13.6 Å². The van der Waals surface area contributed by atoms with Crippen molar-refractivity contribution in [1.29, 1.82) is 0 Å². The molecule has 3 aromatic rings. The van der Waals surface area contributed by atoms with Gasteiger partial charge in [-0.05, 0) is 12.1 Å². The van der Waals surface area contributed by atoms with Gasteiger partial charge in [-0.25, -0.2) is 23.7 Å². The van der Waals surface area contributed by atoms with E-state index in [0.717, 1.165) is 12.1 Å². The van der Waals surface area contributed by atoms with E-state index in [-0.39, 0.29) is 24.4 Å². The number of nitrogens with one attached hydrogen (secondary N) is 2. The molecule has 0 bridgehead atoms. The van der Waals surface area contributed by atoms with Crippen molar-refractivity contribution in [2.45, 2.75) is 13.0 Å². The van der Waals surface area contributed by atoms with Crippen LogP contribution >= 0.6 is 11.3 Å². The Kier molecular flexibility index (Phi) is 5.24. The lowest BCUT2D eigenvalue weighted by Crippen LogP contribution is -2.25. The normalized spacial score (nSPS) is 10.5. The van der Waals surface area contributed by atoms with Crippen molar-refractivity contribution in [1.82, 2.24) is 20.3 Å². The van der Waals surface area contributed by atoms with Crippen LogP contribution in [0.2, 0.25) is 0 Å². The number of rotatable bonds is 6. The Hall–Kier alpha value is -2.94. The minimum Gasteiger partial charge on any atom is -0.352 e. The first kappa shape index (κ1) is 16.9. The van der Waals surface area contributed by atoms with E-state index >= 15 is 0 Å². The van der Waals surface area contributed by atoms with E-state index in [2.05, 4.69) is 25.6 Å². The summed E-state index contributed by atoms with van der Waals surface area (Å²) in [5, 5.41) is 7.83. The van der Waals surface area contributed by atoms with Gasteiger partial charge in [-0.15, -0.1) is 11.3 Å². The highest BCUT2D eigenvalue weighted by molar-refractivity contribution is 7.13. The van der Waals surface area contributed by atoms with Crippen LogP contribution in [0.15, 0.2) is 42.0 Å². The summed E-state index contributed by atoms with van der Waals surface area (Å²) in [6.45, 7) is -0.0158. The molecule has 2 N–H and O–H groups in total. The Morgan fingerprint density at radius 2 is 2.00 bits per heavy atom. The van der Waals surface area contributed by atoms with E-state index in [4.69, 9.17) is 0 Å². The van der Waals surface area contributed by atoms with Gasteiger partial charge in [0.15, 0.2) is 5.13 Å². The maximum absolute atomic E-state index is 13.5. The molecule has 0 aliphatic rings. The monoisotopic (exact) mass is 361 g/mol. The molecule has 0 fully saturated rings. The molecule has 3 rings (SSSR count). The van der Waals surface area contributed by atoms with Crippen LogP contribution in [0, 0.1) is 11.6 Å². The SMILES string of the molecule is O=C(Cc1csc(Nc2ncccn2)n1)NCc1ccc(F)cc1F. The first-order chi connectivity index (χ1) is 12.1. The van der Waals surface area contributed by atoms with Gasteiger partial charge in [-0.2, -0.15) is 0 Å². The number of anilines is 2. The summed E-state index contributed by atoms with van der Waals surface area (Å²) in [7, 11) is 0. The van der Waals surface area contributed by atoms with E-state index in [1.54, 1.807) is 23.8 Å². The van der Waals surface area contributed by atoms with Crippen LogP contribution < -0.4 is 10.6 Å². The number of amides is 1. The molecule has 0 aliphatic carbocycles. The predicted octanol–water partition coefficient (Wildman–Crippen LogP) is 2.81. The number of benzene rings is 1. The van der Waals surface area contributed by atoms with Crippen molar-refractivity contribution >= 4 is 28.3 Å². The zero-order valence-corrected chi connectivity index (χ0v) is 13.7. The Morgan fingerprint density at radius 1 is 1.20 bits per heavy atom. The topological polar surface area (TPSA) is 79.8 Å². The number of carbonyl (C=O) groups is 1. The zero-order chi connectivity index (χ0) is 17.6. The molecule has 2 heterocycles. The molecule has 0 spiro atoms. The highest BCUT2D eigenvalue weighted by Gasteiger charge is 2.10. The van der Waals surface area contributed by atoms with Gasteiger partial charge in [0.05, 0.1) is 12.1 Å². The zero-order valence-electron chi connectivity index (χ0n) is 12.9. The van der Waals surface area contributed by atoms with Gasteiger partial charge in [-0.3, -0.25) is 4.79 Å². The van der Waals surface area contributed by atoms with Crippen LogP contribution in [-0.2, 0) is 17.8 Å². The molecule has 1 amide bonds. The number of carbonyl (C=O) groups excluding carboxylic acids is 1. The second kappa shape index (κ2) is 7.75. The third-order valence-electron chi connectivity index (χ3n) is 3.17. The van der Waals surface area contributed by atoms with E-state index in [9.17, 15) is 13.6 Å². The average Bonchev–Trinajstić information content (AvgIpc) is 3.02. The molecule has 0 saturated carbocycles. The summed E-state index contributed by atoms with van der Waals surface area (Å²) in [5.41, 5.74) is 0.789. The third-order valence-corrected chi connectivity index (χ3v) is 3.98. The number of aromatic nitrogens is 3. The van der Waals surface area contributed by atoms with Crippen molar-refractivity contribution in [2.24, 2.45) is 0 Å². The Bertz CT molecular complexity index is 872. The average molecular weight is 361 g/mol. The van der Waals surface area contributed by atoms with Crippen LogP contribution in [0.4, 0.5) is 19.9 Å². The molecule has 128 valence electrons. The Morgan fingerprint density at radius 3 is 2.76 bits per heavy atom. The number of nitrogens with zero attached hydrogens (tertiary/aromatic N) is 3. The van der Waals surface area contributed by atoms with Gasteiger partial charge in [-0.1, -0.05) is 6.07 Å². The van der Waals surface area contributed by atoms with Crippen LogP contribution in [0.1, 0.15) is 11.3 Å². The maximum atomic E-state index is 13.5. The van der Waals surface area contributed by atoms with Gasteiger partial charge in [0, 0.05) is 35.9 Å². The molecule has 1 aromatic carbocycles. The summed E-state index contributed by atoms with van der Waals surface area (Å²) in [6, 6.07) is 4.93. The fraction of sp³-hybridized carbons (Fsp3) is 0.125. The lowest BCUT2D eigenvalue weighted by molar-refractivity contribution is -0.120. The summed E-state index contributed by atoms with van der Waals surface area (Å²) in [5.74, 6) is -1.24. The van der Waals surface area contributed by atoms with Gasteiger partial charge in [0.2, 0.25) is 11.9 Å². The second-order valence-electron chi connectivity index (χ2n) is 5.03. The second-order valence-corrected chi connectivity index (χ2v) is 5.89. The highest BCUT2D eigenvalue weighted by atomic mass is 32.1. The standard InChI is InChI=1S/C16H13F2N5OS/c17-11-3-2-10(13(18)6-11)8-21-14(24)7-12-9-25-16(22-12)23-15-19-4-1-5-20-15/h1-6,9H,7-8H2,(H,21,24)(H,19,20,22,23). The first-order valence-corrected chi connectivity index (χ1v) is 8.17. The summed E-state index contributed by atoms with van der Waals surface area (Å²) in [6.07, 6.45) is 3.26. The minimum atomic E-state index is -0.691. The van der Waals surface area contributed by atoms with Crippen molar-refractivity contribution in [3.63, 3.8) is 0 Å². The molecule has 0 aliphatic heterocycles. The van der Waals surface area contributed by atoms with Crippen LogP contribution in [0.3, 0.4) is 0 Å². The molecular formula is C16H13F2N5OS. The van der Waals surface area contributed by atoms with Gasteiger partial charge in [0.25, 0.3) is 0 Å². The third kappa shape index (κ3) is 4.77. The predicted molar refractivity (Wildman–Crippen MR) is 89.3 cm³/mol. The van der Waals surface area contributed by atoms with Crippen molar-refractivity contribution in [3.05, 3.63) is 64.9 Å². The number of hydrogen-bond donors (Lipinski definition) is 2. The van der Waals surface area contributed by atoms with Crippen LogP contribution in [0.5, 0.6) is 0 Å². The summed E-state index contributed by atoms with van der Waals surface area (Å²) in [4.78, 5) is 24.3. The Balaban J connectivity index is 1.53. The maximum Gasteiger partial charge on any atom is 0.228 e. The molecule has 0 unspecified atom stereocenters. The molecule has 0 radical (unpaired) electrons. The Labute approximate surface area is 146 Å². The summed E-state index contributed by atoms with van der Waals surface area (Å²) >= 11 is 1.32. The number of thiazole rings is 1. The first-order valence-electron chi connectivity index (χ1n) is 7.29. The number of hydrogen-bond acceptors (Lipinski definition) is 6. The van der Waals surface area contributed by atoms with E-state index in [0.29, 0.717) is 16.8 Å². The molecule has 6 nitrogen and oxygen atoms in total.